The van der Waals surface area contributed by atoms with Crippen molar-refractivity contribution in [2.75, 3.05) is 11.9 Å². The van der Waals surface area contributed by atoms with E-state index in [0.717, 1.165) is 16.9 Å². The van der Waals surface area contributed by atoms with Gasteiger partial charge in [-0.15, -0.1) is 0 Å². The number of esters is 1. The summed E-state index contributed by atoms with van der Waals surface area (Å²) in [5.74, 6) is 0.976. The lowest BCUT2D eigenvalue weighted by Crippen LogP contribution is -2.29. The van der Waals surface area contributed by atoms with Crippen LogP contribution in [0.4, 0.5) is 5.95 Å². The average Bonchev–Trinajstić information content (AvgIpc) is 3.21. The number of anilines is 1. The van der Waals surface area contributed by atoms with Gasteiger partial charge < -0.3 is 14.8 Å². The van der Waals surface area contributed by atoms with Gasteiger partial charge >= 0.3 is 5.97 Å². The number of fused-ring (bicyclic) bond motifs is 1. The SMILES string of the molecule is CCOC(=O)C1=C(C)Nc2ncnn2[C@H]1c1ccc(OCc2ccc(C)cc2)cc1. The molecule has 2 heterocycles. The fourth-order valence-electron chi connectivity index (χ4n) is 3.47. The van der Waals surface area contributed by atoms with Gasteiger partial charge in [-0.05, 0) is 44.0 Å². The maximum atomic E-state index is 12.7. The summed E-state index contributed by atoms with van der Waals surface area (Å²) in [7, 11) is 0. The van der Waals surface area contributed by atoms with Crippen LogP contribution < -0.4 is 10.1 Å². The standard InChI is InChI=1S/C23H24N4O3/c1-4-29-22(28)20-16(3)26-23-24-14-25-27(23)21(20)18-9-11-19(12-10-18)30-13-17-7-5-15(2)6-8-17/h5-12,14,21H,4,13H2,1-3H3,(H,24,25,26)/t21-/m0/s1. The lowest BCUT2D eigenvalue weighted by atomic mass is 9.96. The quantitative estimate of drug-likeness (QED) is 0.625. The van der Waals surface area contributed by atoms with E-state index in [4.69, 9.17) is 9.47 Å². The van der Waals surface area contributed by atoms with Crippen molar-refractivity contribution in [1.82, 2.24) is 14.8 Å². The zero-order chi connectivity index (χ0) is 21.1. The van der Waals surface area contributed by atoms with E-state index in [1.165, 1.54) is 11.9 Å². The third-order valence-electron chi connectivity index (χ3n) is 5.01. The van der Waals surface area contributed by atoms with E-state index >= 15 is 0 Å². The summed E-state index contributed by atoms with van der Waals surface area (Å²) in [5.41, 5.74) is 4.45. The molecule has 1 aliphatic heterocycles. The van der Waals surface area contributed by atoms with Crippen LogP contribution in [0.15, 0.2) is 66.1 Å². The fourth-order valence-corrected chi connectivity index (χ4v) is 3.47. The highest BCUT2D eigenvalue weighted by atomic mass is 16.5. The monoisotopic (exact) mass is 404 g/mol. The number of ether oxygens (including phenoxy) is 2. The highest BCUT2D eigenvalue weighted by Gasteiger charge is 2.34. The van der Waals surface area contributed by atoms with E-state index < -0.39 is 6.04 Å². The Bertz CT molecular complexity index is 1070. The molecule has 1 atom stereocenters. The molecule has 4 rings (SSSR count). The first-order chi connectivity index (χ1) is 14.6. The first-order valence-corrected chi connectivity index (χ1v) is 9.89. The summed E-state index contributed by atoms with van der Waals surface area (Å²) in [6, 6.07) is 15.5. The minimum Gasteiger partial charge on any atom is -0.489 e. The Labute approximate surface area is 175 Å². The van der Waals surface area contributed by atoms with Gasteiger partial charge in [0.2, 0.25) is 5.95 Å². The first-order valence-electron chi connectivity index (χ1n) is 9.89. The normalized spacial score (nSPS) is 15.4. The number of nitrogens with zero attached hydrogens (tertiary/aromatic N) is 3. The molecule has 0 saturated heterocycles. The van der Waals surface area contributed by atoms with E-state index in [1.54, 1.807) is 11.6 Å². The van der Waals surface area contributed by atoms with Gasteiger partial charge in [0.05, 0.1) is 12.2 Å². The highest BCUT2D eigenvalue weighted by Crippen LogP contribution is 2.35. The molecule has 3 aromatic rings. The third-order valence-corrected chi connectivity index (χ3v) is 5.01. The van der Waals surface area contributed by atoms with Gasteiger partial charge in [0, 0.05) is 5.70 Å². The van der Waals surface area contributed by atoms with E-state index in [0.29, 0.717) is 30.4 Å². The number of carbonyl (C=O) groups excluding carboxylic acids is 1. The summed E-state index contributed by atoms with van der Waals surface area (Å²) in [5, 5.41) is 7.44. The van der Waals surface area contributed by atoms with Crippen LogP contribution in [0, 0.1) is 6.92 Å². The Morgan fingerprint density at radius 3 is 2.53 bits per heavy atom. The van der Waals surface area contributed by atoms with E-state index in [1.807, 2.05) is 31.2 Å². The lowest BCUT2D eigenvalue weighted by Gasteiger charge is -2.28. The van der Waals surface area contributed by atoms with Crippen LogP contribution in [0.5, 0.6) is 5.75 Å². The predicted octanol–water partition coefficient (Wildman–Crippen LogP) is 4.02. The van der Waals surface area contributed by atoms with Gasteiger partial charge in [0.1, 0.15) is 24.7 Å². The number of benzene rings is 2. The number of rotatable bonds is 6. The molecule has 7 nitrogen and oxygen atoms in total. The van der Waals surface area contributed by atoms with Gasteiger partial charge in [0.15, 0.2) is 0 Å². The van der Waals surface area contributed by atoms with Gasteiger partial charge in [-0.2, -0.15) is 10.1 Å². The predicted molar refractivity (Wildman–Crippen MR) is 113 cm³/mol. The second-order valence-corrected chi connectivity index (χ2v) is 7.16. The molecule has 0 bridgehead atoms. The van der Waals surface area contributed by atoms with Gasteiger partial charge in [-0.1, -0.05) is 42.0 Å². The van der Waals surface area contributed by atoms with Crippen LogP contribution in [0.1, 0.15) is 36.6 Å². The van der Waals surface area contributed by atoms with Crippen LogP contribution in [-0.4, -0.2) is 27.3 Å². The number of aromatic nitrogens is 3. The third kappa shape index (κ3) is 3.91. The summed E-state index contributed by atoms with van der Waals surface area (Å²) in [4.78, 5) is 16.9. The molecule has 1 N–H and O–H groups in total. The molecule has 0 spiro atoms. The van der Waals surface area contributed by atoms with Crippen LogP contribution in [0.2, 0.25) is 0 Å². The lowest BCUT2D eigenvalue weighted by molar-refractivity contribution is -0.139. The molecule has 0 unspecified atom stereocenters. The maximum Gasteiger partial charge on any atom is 0.338 e. The Kier molecular flexibility index (Phi) is 5.52. The number of carbonyl (C=O) groups is 1. The molecule has 0 saturated carbocycles. The van der Waals surface area contributed by atoms with Gasteiger partial charge in [-0.25, -0.2) is 9.48 Å². The summed E-state index contributed by atoms with van der Waals surface area (Å²) < 4.78 is 12.9. The molecule has 0 aliphatic carbocycles. The van der Waals surface area contributed by atoms with Gasteiger partial charge in [-0.3, -0.25) is 0 Å². The highest BCUT2D eigenvalue weighted by molar-refractivity contribution is 5.92. The number of hydrogen-bond donors (Lipinski definition) is 1. The minimum atomic E-state index is -0.422. The molecule has 0 radical (unpaired) electrons. The molecule has 1 aromatic heterocycles. The van der Waals surface area contributed by atoms with Crippen molar-refractivity contribution >= 4 is 11.9 Å². The van der Waals surface area contributed by atoms with Crippen molar-refractivity contribution in [3.05, 3.63) is 82.8 Å². The average molecular weight is 404 g/mol. The van der Waals surface area contributed by atoms with Crippen LogP contribution in [-0.2, 0) is 16.1 Å². The van der Waals surface area contributed by atoms with Crippen molar-refractivity contribution < 1.29 is 14.3 Å². The zero-order valence-corrected chi connectivity index (χ0v) is 17.3. The molecule has 0 fully saturated rings. The zero-order valence-electron chi connectivity index (χ0n) is 17.3. The second kappa shape index (κ2) is 8.41. The van der Waals surface area contributed by atoms with Crippen molar-refractivity contribution in [3.63, 3.8) is 0 Å². The van der Waals surface area contributed by atoms with Crippen LogP contribution in [0.3, 0.4) is 0 Å². The Hall–Kier alpha value is -3.61. The summed E-state index contributed by atoms with van der Waals surface area (Å²) in [6.07, 6.45) is 1.47. The Morgan fingerprint density at radius 2 is 1.83 bits per heavy atom. The van der Waals surface area contributed by atoms with E-state index in [2.05, 4.69) is 46.6 Å². The Balaban J connectivity index is 1.58. The minimum absolute atomic E-state index is 0.304. The number of allylic oxidation sites excluding steroid dienone is 1. The van der Waals surface area contributed by atoms with Crippen molar-refractivity contribution in [1.29, 1.82) is 0 Å². The van der Waals surface area contributed by atoms with Crippen LogP contribution in [0.25, 0.3) is 0 Å². The molecule has 0 amide bonds. The molecule has 7 heteroatoms. The fraction of sp³-hybridized carbons (Fsp3) is 0.261. The Morgan fingerprint density at radius 1 is 1.10 bits per heavy atom. The van der Waals surface area contributed by atoms with Crippen molar-refractivity contribution in [2.24, 2.45) is 0 Å². The molecular formula is C23H24N4O3. The van der Waals surface area contributed by atoms with Crippen molar-refractivity contribution in [2.45, 2.75) is 33.4 Å². The molecule has 2 aromatic carbocycles. The second-order valence-electron chi connectivity index (χ2n) is 7.16. The number of aryl methyl sites for hydroxylation is 1. The summed E-state index contributed by atoms with van der Waals surface area (Å²) >= 11 is 0. The molecule has 30 heavy (non-hydrogen) atoms. The maximum absolute atomic E-state index is 12.7. The first kappa shape index (κ1) is 19.7. The number of hydrogen-bond acceptors (Lipinski definition) is 6. The van der Waals surface area contributed by atoms with Crippen molar-refractivity contribution in [3.8, 4) is 5.75 Å². The molecular weight excluding hydrogens is 380 g/mol. The topological polar surface area (TPSA) is 78.3 Å². The van der Waals surface area contributed by atoms with E-state index in [9.17, 15) is 4.79 Å². The molecule has 154 valence electrons. The number of nitrogens with one attached hydrogen (secondary N) is 1. The smallest absolute Gasteiger partial charge is 0.338 e. The van der Waals surface area contributed by atoms with Crippen LogP contribution >= 0.6 is 0 Å². The van der Waals surface area contributed by atoms with Gasteiger partial charge in [0.25, 0.3) is 0 Å². The largest absolute Gasteiger partial charge is 0.489 e. The summed E-state index contributed by atoms with van der Waals surface area (Å²) in [6.45, 7) is 6.49. The van der Waals surface area contributed by atoms with E-state index in [-0.39, 0.29) is 5.97 Å². The molecule has 1 aliphatic rings.